The lowest BCUT2D eigenvalue weighted by Crippen LogP contribution is -2.47. The lowest BCUT2D eigenvalue weighted by atomic mass is 9.92. The quantitative estimate of drug-likeness (QED) is 0.892. The molecule has 0 aliphatic carbocycles. The first kappa shape index (κ1) is 19.3. The van der Waals surface area contributed by atoms with Gasteiger partial charge in [-0.3, -0.25) is 4.79 Å². The van der Waals surface area contributed by atoms with Crippen molar-refractivity contribution in [2.24, 2.45) is 11.7 Å². The largest absolute Gasteiger partial charge is 0.341 e. The number of halogens is 1. The second kappa shape index (κ2) is 9.43. The summed E-state index contributed by atoms with van der Waals surface area (Å²) in [5.41, 5.74) is 7.27. The summed E-state index contributed by atoms with van der Waals surface area (Å²) in [6, 6.07) is 10.5. The molecular weight excluding hydrogens is 316 g/mol. The maximum Gasteiger partial charge on any atom is 0.235 e. The Hall–Kier alpha value is -0.710. The molecule has 1 fully saturated rings. The Bertz CT molecular complexity index is 455. The molecule has 2 rings (SSSR count). The number of likely N-dealkylation sites (tertiary alicyclic amines) is 1. The molecule has 1 aromatic carbocycles. The van der Waals surface area contributed by atoms with Gasteiger partial charge in [-0.2, -0.15) is 0 Å². The number of nitrogens with zero attached hydrogens (tertiary/aromatic N) is 1. The molecule has 3 nitrogen and oxygen atoms in total. The third-order valence-electron chi connectivity index (χ3n) is 4.20. The molecule has 0 bridgehead atoms. The highest BCUT2D eigenvalue weighted by atomic mass is 35.5. The van der Waals surface area contributed by atoms with Crippen LogP contribution in [0.1, 0.15) is 32.3 Å². The number of piperidine rings is 1. The number of carbonyl (C=O) groups excluding carboxylic acids is 1. The number of benzene rings is 1. The van der Waals surface area contributed by atoms with Crippen LogP contribution in [-0.4, -0.2) is 35.2 Å². The van der Waals surface area contributed by atoms with Crippen molar-refractivity contribution in [2.75, 3.05) is 13.1 Å². The Balaban J connectivity index is 0.00000242. The average molecular weight is 343 g/mol. The van der Waals surface area contributed by atoms with Crippen LogP contribution in [0.2, 0.25) is 0 Å². The third kappa shape index (κ3) is 5.49. The highest BCUT2D eigenvalue weighted by molar-refractivity contribution is 7.99. The fraction of sp³-hybridized carbons (Fsp3) is 0.588. The summed E-state index contributed by atoms with van der Waals surface area (Å²) in [5, 5.41) is 0.0111. The van der Waals surface area contributed by atoms with E-state index in [1.807, 2.05) is 36.9 Å². The minimum atomic E-state index is 0. The predicted molar refractivity (Wildman–Crippen MR) is 97.4 cm³/mol. The van der Waals surface area contributed by atoms with Crippen LogP contribution < -0.4 is 5.73 Å². The molecule has 1 heterocycles. The molecule has 3 atom stereocenters. The first-order valence-corrected chi connectivity index (χ1v) is 8.82. The second-order valence-electron chi connectivity index (χ2n) is 5.98. The van der Waals surface area contributed by atoms with Gasteiger partial charge >= 0.3 is 0 Å². The van der Waals surface area contributed by atoms with E-state index in [2.05, 4.69) is 12.1 Å². The first-order valence-electron chi connectivity index (χ1n) is 7.78. The van der Waals surface area contributed by atoms with Gasteiger partial charge in [0, 0.05) is 24.9 Å². The summed E-state index contributed by atoms with van der Waals surface area (Å²) in [5.74, 6) is 1.61. The van der Waals surface area contributed by atoms with Crippen molar-refractivity contribution in [3.63, 3.8) is 0 Å². The van der Waals surface area contributed by atoms with Gasteiger partial charge in [0.05, 0.1) is 5.25 Å². The molecule has 5 heteroatoms. The first-order chi connectivity index (χ1) is 10.1. The smallest absolute Gasteiger partial charge is 0.235 e. The Morgan fingerprint density at radius 3 is 2.68 bits per heavy atom. The van der Waals surface area contributed by atoms with Gasteiger partial charge in [-0.15, -0.1) is 24.2 Å². The topological polar surface area (TPSA) is 46.3 Å². The average Bonchev–Trinajstić information content (AvgIpc) is 2.53. The monoisotopic (exact) mass is 342 g/mol. The van der Waals surface area contributed by atoms with Crippen LogP contribution in [0.5, 0.6) is 0 Å². The lowest BCUT2D eigenvalue weighted by molar-refractivity contribution is -0.132. The highest BCUT2D eigenvalue weighted by Crippen LogP contribution is 2.23. The summed E-state index contributed by atoms with van der Waals surface area (Å²) < 4.78 is 0. The molecule has 0 radical (unpaired) electrons. The number of rotatable bonds is 5. The molecule has 1 aromatic rings. The van der Waals surface area contributed by atoms with E-state index in [-0.39, 0.29) is 29.6 Å². The summed E-state index contributed by atoms with van der Waals surface area (Å²) >= 11 is 1.72. The van der Waals surface area contributed by atoms with Crippen molar-refractivity contribution in [2.45, 2.75) is 43.7 Å². The van der Waals surface area contributed by atoms with Gasteiger partial charge in [-0.1, -0.05) is 30.3 Å². The molecule has 0 spiro atoms. The number of hydrogen-bond donors (Lipinski definition) is 1. The summed E-state index contributed by atoms with van der Waals surface area (Å²) in [7, 11) is 0. The van der Waals surface area contributed by atoms with Crippen LogP contribution in [-0.2, 0) is 10.5 Å². The van der Waals surface area contributed by atoms with E-state index in [9.17, 15) is 4.79 Å². The van der Waals surface area contributed by atoms with E-state index in [1.165, 1.54) is 5.56 Å². The van der Waals surface area contributed by atoms with Crippen molar-refractivity contribution >= 4 is 30.1 Å². The zero-order chi connectivity index (χ0) is 15.2. The van der Waals surface area contributed by atoms with E-state index in [0.717, 1.165) is 31.7 Å². The van der Waals surface area contributed by atoms with Crippen LogP contribution >= 0.6 is 24.2 Å². The molecule has 1 aliphatic rings. The van der Waals surface area contributed by atoms with Crippen molar-refractivity contribution in [3.05, 3.63) is 35.9 Å². The van der Waals surface area contributed by atoms with Crippen LogP contribution in [0.25, 0.3) is 0 Å². The maximum absolute atomic E-state index is 12.6. The lowest BCUT2D eigenvalue weighted by Gasteiger charge is -2.35. The Labute approximate surface area is 144 Å². The van der Waals surface area contributed by atoms with Gasteiger partial charge in [0.1, 0.15) is 0 Å². The van der Waals surface area contributed by atoms with Gasteiger partial charge in [0.25, 0.3) is 0 Å². The molecule has 2 N–H and O–H groups in total. The zero-order valence-corrected chi connectivity index (χ0v) is 15.0. The van der Waals surface area contributed by atoms with Crippen molar-refractivity contribution in [1.29, 1.82) is 0 Å². The van der Waals surface area contributed by atoms with Crippen LogP contribution in [0.15, 0.2) is 30.3 Å². The third-order valence-corrected chi connectivity index (χ3v) is 5.41. The Morgan fingerprint density at radius 2 is 2.05 bits per heavy atom. The molecule has 3 unspecified atom stereocenters. The van der Waals surface area contributed by atoms with Gasteiger partial charge in [-0.05, 0) is 38.2 Å². The molecular formula is C17H27ClN2OS. The van der Waals surface area contributed by atoms with Gasteiger partial charge in [-0.25, -0.2) is 0 Å². The highest BCUT2D eigenvalue weighted by Gasteiger charge is 2.28. The normalized spacial score (nSPS) is 20.9. The molecule has 1 saturated heterocycles. The van der Waals surface area contributed by atoms with E-state index < -0.39 is 0 Å². The fourth-order valence-corrected chi connectivity index (χ4v) is 3.69. The van der Waals surface area contributed by atoms with Crippen LogP contribution in [0.3, 0.4) is 0 Å². The SMILES string of the molecule is CC(SCc1ccccc1)C(=O)N1CCCC(C(C)N)C1.Cl. The van der Waals surface area contributed by atoms with Crippen molar-refractivity contribution in [3.8, 4) is 0 Å². The standard InChI is InChI=1S/C17H26N2OS.ClH/c1-13(18)16-9-6-10-19(11-16)17(20)14(2)21-12-15-7-4-3-5-8-15;/h3-5,7-8,13-14,16H,6,9-12,18H2,1-2H3;1H. The molecule has 0 saturated carbocycles. The Morgan fingerprint density at radius 1 is 1.36 bits per heavy atom. The number of hydrogen-bond acceptors (Lipinski definition) is 3. The molecule has 124 valence electrons. The minimum absolute atomic E-state index is 0. The Kier molecular flexibility index (Phi) is 8.29. The summed E-state index contributed by atoms with van der Waals surface area (Å²) in [4.78, 5) is 14.6. The number of nitrogens with two attached hydrogens (primary N) is 1. The molecule has 1 aliphatic heterocycles. The maximum atomic E-state index is 12.6. The zero-order valence-electron chi connectivity index (χ0n) is 13.4. The molecule has 1 amide bonds. The molecule has 0 aromatic heterocycles. The minimum Gasteiger partial charge on any atom is -0.341 e. The van der Waals surface area contributed by atoms with Gasteiger partial charge in [0.2, 0.25) is 5.91 Å². The number of carbonyl (C=O) groups is 1. The fourth-order valence-electron chi connectivity index (χ4n) is 2.76. The number of amides is 1. The van der Waals surface area contributed by atoms with E-state index in [0.29, 0.717) is 5.92 Å². The predicted octanol–water partition coefficient (Wildman–Crippen LogP) is 3.32. The van der Waals surface area contributed by atoms with E-state index in [1.54, 1.807) is 11.8 Å². The molecule has 22 heavy (non-hydrogen) atoms. The number of thioether (sulfide) groups is 1. The van der Waals surface area contributed by atoms with E-state index >= 15 is 0 Å². The van der Waals surface area contributed by atoms with Gasteiger partial charge < -0.3 is 10.6 Å². The van der Waals surface area contributed by atoms with E-state index in [4.69, 9.17) is 5.73 Å². The van der Waals surface area contributed by atoms with Crippen LogP contribution in [0.4, 0.5) is 0 Å². The van der Waals surface area contributed by atoms with Gasteiger partial charge in [0.15, 0.2) is 0 Å². The second-order valence-corrected chi connectivity index (χ2v) is 7.31. The summed E-state index contributed by atoms with van der Waals surface area (Å²) in [6.07, 6.45) is 2.22. The van der Waals surface area contributed by atoms with Crippen molar-refractivity contribution in [1.82, 2.24) is 4.90 Å². The summed E-state index contributed by atoms with van der Waals surface area (Å²) in [6.45, 7) is 5.78. The van der Waals surface area contributed by atoms with Crippen LogP contribution in [0, 0.1) is 5.92 Å². The van der Waals surface area contributed by atoms with Crippen molar-refractivity contribution < 1.29 is 4.79 Å².